The molecule has 0 saturated heterocycles. The molecule has 0 atom stereocenters. The Hall–Kier alpha value is -2.92. The highest BCUT2D eigenvalue weighted by molar-refractivity contribution is 7.99. The van der Waals surface area contributed by atoms with E-state index in [1.165, 1.54) is 11.8 Å². The molecule has 0 spiro atoms. The first-order valence-electron chi connectivity index (χ1n) is 9.32. The number of para-hydroxylation sites is 1. The van der Waals surface area contributed by atoms with Gasteiger partial charge >= 0.3 is 0 Å². The van der Waals surface area contributed by atoms with Crippen molar-refractivity contribution in [2.24, 2.45) is 0 Å². The van der Waals surface area contributed by atoms with E-state index in [1.807, 2.05) is 67.6 Å². The lowest BCUT2D eigenvalue weighted by molar-refractivity contribution is 0.102. The first-order chi connectivity index (χ1) is 13.7. The van der Waals surface area contributed by atoms with Crippen LogP contribution in [0, 0.1) is 0 Å². The highest BCUT2D eigenvalue weighted by Crippen LogP contribution is 2.21. The molecule has 4 aromatic rings. The average molecular weight is 388 g/mol. The standard InChI is InChI=1S/C23H20N2O2S/c1-2-13-25-22(27)19-9-5-6-10-20(19)24-23(25)28-15-21(26)18-12-11-16-7-3-4-8-17(16)14-18/h3-12,14H,2,13,15H2,1H3. The predicted molar refractivity (Wildman–Crippen MR) is 115 cm³/mol. The smallest absolute Gasteiger partial charge is 0.262 e. The van der Waals surface area contributed by atoms with E-state index in [-0.39, 0.29) is 17.1 Å². The van der Waals surface area contributed by atoms with Crippen LogP contribution in [0.1, 0.15) is 23.7 Å². The summed E-state index contributed by atoms with van der Waals surface area (Å²) in [6.45, 7) is 2.61. The second kappa shape index (κ2) is 7.98. The van der Waals surface area contributed by atoms with Gasteiger partial charge in [0.25, 0.3) is 5.56 Å². The van der Waals surface area contributed by atoms with Crippen LogP contribution in [0.4, 0.5) is 0 Å². The van der Waals surface area contributed by atoms with Gasteiger partial charge in [0.05, 0.1) is 16.7 Å². The van der Waals surface area contributed by atoms with Crippen molar-refractivity contribution in [3.05, 3.63) is 82.6 Å². The number of carbonyl (C=O) groups is 1. The Morgan fingerprint density at radius 2 is 1.75 bits per heavy atom. The normalized spacial score (nSPS) is 11.2. The molecule has 0 saturated carbocycles. The number of aromatic nitrogens is 2. The molecule has 1 aromatic heterocycles. The lowest BCUT2D eigenvalue weighted by Gasteiger charge is -2.12. The maximum Gasteiger partial charge on any atom is 0.262 e. The molecule has 1 heterocycles. The summed E-state index contributed by atoms with van der Waals surface area (Å²) in [5.41, 5.74) is 1.30. The molecule has 0 unspecified atom stereocenters. The van der Waals surface area contributed by atoms with Crippen molar-refractivity contribution >= 4 is 39.2 Å². The zero-order chi connectivity index (χ0) is 19.5. The van der Waals surface area contributed by atoms with E-state index in [9.17, 15) is 9.59 Å². The number of carbonyl (C=O) groups excluding carboxylic acids is 1. The van der Waals surface area contributed by atoms with E-state index < -0.39 is 0 Å². The van der Waals surface area contributed by atoms with Gasteiger partial charge in [0.1, 0.15) is 0 Å². The fourth-order valence-corrected chi connectivity index (χ4v) is 4.17. The maximum absolute atomic E-state index is 12.8. The van der Waals surface area contributed by atoms with Crippen LogP contribution < -0.4 is 5.56 Å². The van der Waals surface area contributed by atoms with Gasteiger partial charge in [-0.25, -0.2) is 4.98 Å². The summed E-state index contributed by atoms with van der Waals surface area (Å²) in [4.78, 5) is 30.2. The molecule has 3 aromatic carbocycles. The molecule has 0 fully saturated rings. The third kappa shape index (κ3) is 3.58. The summed E-state index contributed by atoms with van der Waals surface area (Å²) in [5.74, 6) is 0.272. The van der Waals surface area contributed by atoms with E-state index >= 15 is 0 Å². The average Bonchev–Trinajstić information content (AvgIpc) is 2.74. The van der Waals surface area contributed by atoms with E-state index in [1.54, 1.807) is 10.6 Å². The van der Waals surface area contributed by atoms with E-state index in [2.05, 4.69) is 4.98 Å². The number of hydrogen-bond donors (Lipinski definition) is 0. The summed E-state index contributed by atoms with van der Waals surface area (Å²) in [6.07, 6.45) is 0.826. The fraction of sp³-hybridized carbons (Fsp3) is 0.174. The number of benzene rings is 3. The molecular formula is C23H20N2O2S. The summed E-state index contributed by atoms with van der Waals surface area (Å²) < 4.78 is 1.68. The first kappa shape index (κ1) is 18.4. The summed E-state index contributed by atoms with van der Waals surface area (Å²) in [6, 6.07) is 21.1. The molecule has 28 heavy (non-hydrogen) atoms. The second-order valence-electron chi connectivity index (χ2n) is 6.64. The third-order valence-corrected chi connectivity index (χ3v) is 5.65. The Kier molecular flexibility index (Phi) is 5.26. The molecular weight excluding hydrogens is 368 g/mol. The number of hydrogen-bond acceptors (Lipinski definition) is 4. The minimum absolute atomic E-state index is 0.0289. The van der Waals surface area contributed by atoms with Crippen molar-refractivity contribution in [3.8, 4) is 0 Å². The van der Waals surface area contributed by atoms with Gasteiger partial charge in [-0.15, -0.1) is 0 Å². The van der Waals surface area contributed by atoms with Crippen LogP contribution in [0.2, 0.25) is 0 Å². The lowest BCUT2D eigenvalue weighted by Crippen LogP contribution is -2.23. The van der Waals surface area contributed by atoms with Crippen molar-refractivity contribution in [2.45, 2.75) is 25.0 Å². The van der Waals surface area contributed by atoms with Crippen molar-refractivity contribution in [1.82, 2.24) is 9.55 Å². The van der Waals surface area contributed by atoms with Crippen LogP contribution in [0.5, 0.6) is 0 Å². The first-order valence-corrected chi connectivity index (χ1v) is 10.3. The number of fused-ring (bicyclic) bond motifs is 2. The Bertz CT molecular complexity index is 1230. The Balaban J connectivity index is 1.63. The van der Waals surface area contributed by atoms with Gasteiger partial charge in [0.15, 0.2) is 10.9 Å². The van der Waals surface area contributed by atoms with Crippen LogP contribution in [0.15, 0.2) is 76.7 Å². The monoisotopic (exact) mass is 388 g/mol. The van der Waals surface area contributed by atoms with Crippen LogP contribution in [-0.2, 0) is 6.54 Å². The molecule has 0 aliphatic heterocycles. The SMILES string of the molecule is CCCn1c(SCC(=O)c2ccc3ccccc3c2)nc2ccccc2c1=O. The molecule has 0 N–H and O–H groups in total. The molecule has 0 radical (unpaired) electrons. The molecule has 0 bridgehead atoms. The van der Waals surface area contributed by atoms with E-state index in [4.69, 9.17) is 0 Å². The summed E-state index contributed by atoms with van der Waals surface area (Å²) in [5, 5.41) is 3.37. The van der Waals surface area contributed by atoms with Crippen LogP contribution in [0.25, 0.3) is 21.7 Å². The number of rotatable bonds is 6. The van der Waals surface area contributed by atoms with Gasteiger partial charge in [-0.1, -0.05) is 67.2 Å². The number of Topliss-reactive ketones (excluding diaryl/α,β-unsaturated/α-hetero) is 1. The van der Waals surface area contributed by atoms with Gasteiger partial charge in [-0.3, -0.25) is 14.2 Å². The topological polar surface area (TPSA) is 52.0 Å². The fourth-order valence-electron chi connectivity index (χ4n) is 3.25. The number of nitrogens with zero attached hydrogens (tertiary/aromatic N) is 2. The van der Waals surface area contributed by atoms with Crippen molar-refractivity contribution < 1.29 is 4.79 Å². The minimum Gasteiger partial charge on any atom is -0.293 e. The van der Waals surface area contributed by atoms with Gasteiger partial charge in [-0.2, -0.15) is 0 Å². The largest absolute Gasteiger partial charge is 0.293 e. The number of ketones is 1. The lowest BCUT2D eigenvalue weighted by atomic mass is 10.1. The maximum atomic E-state index is 12.8. The third-order valence-electron chi connectivity index (χ3n) is 4.68. The van der Waals surface area contributed by atoms with Crippen molar-refractivity contribution in [1.29, 1.82) is 0 Å². The Labute approximate surface area is 167 Å². The second-order valence-corrected chi connectivity index (χ2v) is 7.58. The van der Waals surface area contributed by atoms with Gasteiger partial charge < -0.3 is 0 Å². The quantitative estimate of drug-likeness (QED) is 0.267. The van der Waals surface area contributed by atoms with Crippen LogP contribution in [-0.4, -0.2) is 21.1 Å². The predicted octanol–water partition coefficient (Wildman–Crippen LogP) is 4.93. The highest BCUT2D eigenvalue weighted by atomic mass is 32.2. The molecule has 5 heteroatoms. The minimum atomic E-state index is -0.0481. The van der Waals surface area contributed by atoms with Crippen molar-refractivity contribution in [2.75, 3.05) is 5.75 Å². The zero-order valence-corrected chi connectivity index (χ0v) is 16.4. The molecule has 0 aliphatic carbocycles. The molecule has 4 rings (SSSR count). The van der Waals surface area contributed by atoms with E-state index in [0.29, 0.717) is 28.2 Å². The number of thioether (sulfide) groups is 1. The Morgan fingerprint density at radius 1 is 1.00 bits per heavy atom. The Morgan fingerprint density at radius 3 is 2.57 bits per heavy atom. The van der Waals surface area contributed by atoms with E-state index in [0.717, 1.165) is 17.2 Å². The van der Waals surface area contributed by atoms with Gasteiger partial charge in [0, 0.05) is 12.1 Å². The zero-order valence-electron chi connectivity index (χ0n) is 15.6. The van der Waals surface area contributed by atoms with Crippen LogP contribution in [0.3, 0.4) is 0 Å². The molecule has 0 aliphatic rings. The van der Waals surface area contributed by atoms with Gasteiger partial charge in [-0.05, 0) is 35.4 Å². The van der Waals surface area contributed by atoms with Crippen molar-refractivity contribution in [3.63, 3.8) is 0 Å². The summed E-state index contributed by atoms with van der Waals surface area (Å²) in [7, 11) is 0. The van der Waals surface area contributed by atoms with Crippen LogP contribution >= 0.6 is 11.8 Å². The van der Waals surface area contributed by atoms with Gasteiger partial charge in [0.2, 0.25) is 0 Å². The molecule has 0 amide bonds. The summed E-state index contributed by atoms with van der Waals surface area (Å²) >= 11 is 1.33. The molecule has 140 valence electrons. The molecule has 4 nitrogen and oxygen atoms in total. The highest BCUT2D eigenvalue weighted by Gasteiger charge is 2.14.